The van der Waals surface area contributed by atoms with Gasteiger partial charge in [-0.25, -0.2) is 13.2 Å². The molecule has 3 aromatic rings. The molecule has 238 valence electrons. The SMILES string of the molecule is COc1ccc(NC(=O)N(C)C[C@H]2Oc3ccc(NS(=O)(=O)c4c(C)noc4C)cc3CC(=O)N([C@H](C)CO)C[C@H]2C)cc1. The Balaban J connectivity index is 1.61. The van der Waals surface area contributed by atoms with Gasteiger partial charge in [0.1, 0.15) is 23.3 Å². The van der Waals surface area contributed by atoms with Gasteiger partial charge in [0.15, 0.2) is 10.7 Å². The number of aliphatic hydroxyl groups is 1. The summed E-state index contributed by atoms with van der Waals surface area (Å²) in [6, 6.07) is 10.8. The van der Waals surface area contributed by atoms with Crippen LogP contribution in [0.2, 0.25) is 0 Å². The van der Waals surface area contributed by atoms with Crippen molar-refractivity contribution >= 4 is 33.3 Å². The number of nitrogens with zero attached hydrogens (tertiary/aromatic N) is 3. The van der Waals surface area contributed by atoms with Gasteiger partial charge in [0, 0.05) is 36.4 Å². The summed E-state index contributed by atoms with van der Waals surface area (Å²) in [5.41, 5.74) is 1.49. The summed E-state index contributed by atoms with van der Waals surface area (Å²) in [5.74, 6) is 0.714. The van der Waals surface area contributed by atoms with E-state index < -0.39 is 22.2 Å². The van der Waals surface area contributed by atoms with Crippen LogP contribution in [0.25, 0.3) is 0 Å². The molecule has 4 rings (SSSR count). The minimum absolute atomic E-state index is 0.0545. The Morgan fingerprint density at radius 1 is 1.20 bits per heavy atom. The van der Waals surface area contributed by atoms with Crippen molar-refractivity contribution < 1.29 is 37.1 Å². The average molecular weight is 630 g/mol. The molecule has 1 aromatic heterocycles. The van der Waals surface area contributed by atoms with Gasteiger partial charge >= 0.3 is 6.03 Å². The third-order valence-electron chi connectivity index (χ3n) is 7.55. The molecule has 2 heterocycles. The Bertz CT molecular complexity index is 1570. The molecule has 3 N–H and O–H groups in total. The lowest BCUT2D eigenvalue weighted by molar-refractivity contribution is -0.134. The number of hydrogen-bond donors (Lipinski definition) is 3. The van der Waals surface area contributed by atoms with Crippen LogP contribution < -0.4 is 19.5 Å². The van der Waals surface area contributed by atoms with E-state index >= 15 is 0 Å². The number of likely N-dealkylation sites (N-methyl/N-ethyl adjacent to an activating group) is 1. The molecule has 0 bridgehead atoms. The van der Waals surface area contributed by atoms with Crippen LogP contribution in [0.4, 0.5) is 16.2 Å². The number of urea groups is 1. The van der Waals surface area contributed by atoms with Gasteiger partial charge in [-0.3, -0.25) is 9.52 Å². The molecule has 0 saturated heterocycles. The number of carbonyl (C=O) groups excluding carboxylic acids is 2. The van der Waals surface area contributed by atoms with Gasteiger partial charge in [-0.05, 0) is 63.2 Å². The monoisotopic (exact) mass is 629 g/mol. The predicted molar refractivity (Wildman–Crippen MR) is 163 cm³/mol. The Hall–Kier alpha value is -4.30. The second kappa shape index (κ2) is 13.6. The highest BCUT2D eigenvalue weighted by molar-refractivity contribution is 7.92. The van der Waals surface area contributed by atoms with Crippen LogP contribution in [0.5, 0.6) is 11.5 Å². The molecule has 3 atom stereocenters. The predicted octanol–water partition coefficient (Wildman–Crippen LogP) is 3.41. The standard InChI is InChI=1S/C30H39N5O8S/c1-18-15-35(19(2)17-36)28(37)14-22-13-24(33-44(39,40)29-20(3)32-43-21(29)4)9-12-26(22)42-27(18)16-34(5)30(38)31-23-7-10-25(41-6)11-8-23/h7-13,18-19,27,33,36H,14-17H2,1-6H3,(H,31,38)/t18-,19-,27-/m1/s1. The molecular formula is C30H39N5O8S. The normalized spacial score (nSPS) is 17.8. The lowest BCUT2D eigenvalue weighted by atomic mass is 10.0. The minimum Gasteiger partial charge on any atom is -0.497 e. The zero-order valence-electron chi connectivity index (χ0n) is 25.7. The van der Waals surface area contributed by atoms with E-state index in [1.165, 1.54) is 18.7 Å². The molecule has 0 spiro atoms. The lowest BCUT2D eigenvalue weighted by Gasteiger charge is -2.34. The van der Waals surface area contributed by atoms with Crippen LogP contribution in [0, 0.1) is 19.8 Å². The minimum atomic E-state index is -4.03. The molecule has 44 heavy (non-hydrogen) atoms. The van der Waals surface area contributed by atoms with E-state index in [0.717, 1.165) is 0 Å². The number of hydrogen-bond acceptors (Lipinski definition) is 9. The fraction of sp³-hybridized carbons (Fsp3) is 0.433. The maximum Gasteiger partial charge on any atom is 0.321 e. The molecule has 0 radical (unpaired) electrons. The summed E-state index contributed by atoms with van der Waals surface area (Å²) in [7, 11) is -0.821. The molecule has 0 saturated carbocycles. The first kappa shape index (κ1) is 32.6. The number of ether oxygens (including phenoxy) is 2. The number of rotatable bonds is 9. The molecule has 3 amide bonds. The van der Waals surface area contributed by atoms with Crippen molar-refractivity contribution in [2.45, 2.75) is 51.2 Å². The summed E-state index contributed by atoms with van der Waals surface area (Å²) in [5, 5.41) is 16.5. The van der Waals surface area contributed by atoms with Crippen molar-refractivity contribution in [1.82, 2.24) is 15.0 Å². The Morgan fingerprint density at radius 2 is 1.89 bits per heavy atom. The summed E-state index contributed by atoms with van der Waals surface area (Å²) in [6.07, 6.45) is -0.641. The maximum absolute atomic E-state index is 13.5. The number of methoxy groups -OCH3 is 1. The Labute approximate surface area is 257 Å². The molecule has 0 fully saturated rings. The number of anilines is 2. The van der Waals surface area contributed by atoms with Crippen molar-refractivity contribution in [3.63, 3.8) is 0 Å². The zero-order valence-corrected chi connectivity index (χ0v) is 26.5. The summed E-state index contributed by atoms with van der Waals surface area (Å²) >= 11 is 0. The van der Waals surface area contributed by atoms with Crippen molar-refractivity contribution in [1.29, 1.82) is 0 Å². The van der Waals surface area contributed by atoms with Crippen LogP contribution in [-0.2, 0) is 21.2 Å². The van der Waals surface area contributed by atoms with E-state index in [1.807, 2.05) is 6.92 Å². The fourth-order valence-electron chi connectivity index (χ4n) is 5.02. The van der Waals surface area contributed by atoms with Gasteiger partial charge in [0.25, 0.3) is 10.0 Å². The van der Waals surface area contributed by atoms with Gasteiger partial charge in [0.05, 0.1) is 32.7 Å². The lowest BCUT2D eigenvalue weighted by Crippen LogP contribution is -2.48. The smallest absolute Gasteiger partial charge is 0.321 e. The molecule has 0 unspecified atom stereocenters. The summed E-state index contributed by atoms with van der Waals surface area (Å²) in [4.78, 5) is 29.6. The molecule has 2 aromatic carbocycles. The van der Waals surface area contributed by atoms with E-state index in [0.29, 0.717) is 22.7 Å². The van der Waals surface area contributed by atoms with Crippen LogP contribution in [0.3, 0.4) is 0 Å². The molecule has 0 aliphatic carbocycles. The van der Waals surface area contributed by atoms with Gasteiger partial charge in [0.2, 0.25) is 5.91 Å². The van der Waals surface area contributed by atoms with Gasteiger partial charge in [-0.2, -0.15) is 0 Å². The van der Waals surface area contributed by atoms with Crippen LogP contribution in [0.1, 0.15) is 30.9 Å². The first-order chi connectivity index (χ1) is 20.8. The second-order valence-corrected chi connectivity index (χ2v) is 12.6. The van der Waals surface area contributed by atoms with Gasteiger partial charge in [-0.1, -0.05) is 12.1 Å². The molecule has 13 nitrogen and oxygen atoms in total. The highest BCUT2D eigenvalue weighted by Gasteiger charge is 2.32. The number of aliphatic hydroxyl groups excluding tert-OH is 1. The first-order valence-corrected chi connectivity index (χ1v) is 15.6. The van der Waals surface area contributed by atoms with E-state index in [1.54, 1.807) is 68.4 Å². The third kappa shape index (κ3) is 7.42. The van der Waals surface area contributed by atoms with E-state index in [9.17, 15) is 23.1 Å². The number of amides is 3. The summed E-state index contributed by atoms with van der Waals surface area (Å²) < 4.78 is 45.5. The molecule has 1 aliphatic heterocycles. The summed E-state index contributed by atoms with van der Waals surface area (Å²) in [6.45, 7) is 6.93. The number of sulfonamides is 1. The highest BCUT2D eigenvalue weighted by Crippen LogP contribution is 2.31. The van der Waals surface area contributed by atoms with Crippen LogP contribution >= 0.6 is 0 Å². The zero-order chi connectivity index (χ0) is 32.2. The van der Waals surface area contributed by atoms with Gasteiger partial charge in [-0.15, -0.1) is 0 Å². The topological polar surface area (TPSA) is 164 Å². The molecular weight excluding hydrogens is 590 g/mol. The number of carbonyl (C=O) groups is 2. The van der Waals surface area contributed by atoms with Crippen molar-refractivity contribution in [3.8, 4) is 11.5 Å². The number of aryl methyl sites for hydroxylation is 2. The number of aromatic nitrogens is 1. The Morgan fingerprint density at radius 3 is 2.50 bits per heavy atom. The fourth-order valence-corrected chi connectivity index (χ4v) is 6.40. The second-order valence-electron chi connectivity index (χ2n) is 11.0. The third-order valence-corrected chi connectivity index (χ3v) is 9.17. The number of fused-ring (bicyclic) bond motifs is 1. The van der Waals surface area contributed by atoms with E-state index in [-0.39, 0.29) is 66.0 Å². The van der Waals surface area contributed by atoms with Crippen molar-refractivity contribution in [3.05, 3.63) is 59.5 Å². The van der Waals surface area contributed by atoms with Crippen LogP contribution in [0.15, 0.2) is 51.9 Å². The molecule has 14 heteroatoms. The van der Waals surface area contributed by atoms with E-state index in [2.05, 4.69) is 15.2 Å². The Kier molecular flexibility index (Phi) is 10.0. The van der Waals surface area contributed by atoms with Gasteiger partial charge < -0.3 is 34.2 Å². The number of benzene rings is 2. The van der Waals surface area contributed by atoms with Crippen molar-refractivity contribution in [2.24, 2.45) is 5.92 Å². The number of nitrogens with one attached hydrogen (secondary N) is 2. The average Bonchev–Trinajstić information content (AvgIpc) is 3.35. The van der Waals surface area contributed by atoms with E-state index in [4.69, 9.17) is 14.0 Å². The maximum atomic E-state index is 13.5. The highest BCUT2D eigenvalue weighted by atomic mass is 32.2. The van der Waals surface area contributed by atoms with Crippen molar-refractivity contribution in [2.75, 3.05) is 43.9 Å². The largest absolute Gasteiger partial charge is 0.497 e. The quantitative estimate of drug-likeness (QED) is 0.322. The molecule has 1 aliphatic rings. The first-order valence-electron chi connectivity index (χ1n) is 14.1. The van der Waals surface area contributed by atoms with Crippen LogP contribution in [-0.4, -0.2) is 86.4 Å².